The summed E-state index contributed by atoms with van der Waals surface area (Å²) in [6.45, 7) is -0.199. The second-order valence-corrected chi connectivity index (χ2v) is 6.58. The zero-order chi connectivity index (χ0) is 16.9. The van der Waals surface area contributed by atoms with Crippen molar-refractivity contribution in [3.63, 3.8) is 0 Å². The van der Waals surface area contributed by atoms with Gasteiger partial charge < -0.3 is 4.74 Å². The van der Waals surface area contributed by atoms with Crippen molar-refractivity contribution in [2.75, 3.05) is 6.61 Å². The number of hydrogen-bond donors (Lipinski definition) is 2. The molecule has 0 saturated heterocycles. The number of hydrogen-bond acceptors (Lipinski definition) is 5. The monoisotopic (exact) mass is 405 g/mol. The molecule has 0 radical (unpaired) electrons. The van der Waals surface area contributed by atoms with E-state index < -0.39 is 11.8 Å². The molecule has 0 aliphatic carbocycles. The van der Waals surface area contributed by atoms with Crippen LogP contribution in [-0.4, -0.2) is 23.4 Å². The number of carbonyl (C=O) groups is 2. The number of fused-ring (bicyclic) bond motifs is 1. The lowest BCUT2D eigenvalue weighted by Gasteiger charge is -2.09. The third kappa shape index (κ3) is 4.09. The predicted molar refractivity (Wildman–Crippen MR) is 94.9 cm³/mol. The number of nitrogens with one attached hydrogen (secondary N) is 2. The predicted octanol–water partition coefficient (Wildman–Crippen LogP) is 2.90. The molecular formula is C16H12BrN3O3S. The van der Waals surface area contributed by atoms with Gasteiger partial charge in [-0.05, 0) is 42.5 Å². The fraction of sp³-hybridized carbons (Fsp3) is 0.0625. The Bertz CT molecular complexity index is 880. The first kappa shape index (κ1) is 16.4. The lowest BCUT2D eigenvalue weighted by atomic mass is 10.2. The van der Waals surface area contributed by atoms with Gasteiger partial charge in [-0.25, -0.2) is 4.98 Å². The van der Waals surface area contributed by atoms with Gasteiger partial charge in [-0.2, -0.15) is 0 Å². The van der Waals surface area contributed by atoms with Crippen molar-refractivity contribution in [3.8, 4) is 5.75 Å². The molecule has 0 atom stereocenters. The highest BCUT2D eigenvalue weighted by Crippen LogP contribution is 2.19. The Kier molecular flexibility index (Phi) is 5.07. The quantitative estimate of drug-likeness (QED) is 0.653. The molecule has 2 amide bonds. The fourth-order valence-corrected chi connectivity index (χ4v) is 2.89. The molecule has 0 saturated carbocycles. The van der Waals surface area contributed by atoms with Crippen LogP contribution in [0.25, 0.3) is 10.2 Å². The first-order valence-electron chi connectivity index (χ1n) is 6.92. The molecule has 8 heteroatoms. The Morgan fingerprint density at radius 2 is 1.92 bits per heavy atom. The second-order valence-electron chi connectivity index (χ2n) is 4.78. The highest BCUT2D eigenvalue weighted by molar-refractivity contribution is 9.10. The van der Waals surface area contributed by atoms with E-state index in [1.807, 2.05) is 12.1 Å². The number of halogens is 1. The van der Waals surface area contributed by atoms with E-state index in [1.54, 1.807) is 35.8 Å². The maximum Gasteiger partial charge on any atom is 0.276 e. The van der Waals surface area contributed by atoms with Crippen LogP contribution in [0.15, 0.2) is 52.4 Å². The van der Waals surface area contributed by atoms with Crippen molar-refractivity contribution in [1.82, 2.24) is 15.8 Å². The summed E-state index contributed by atoms with van der Waals surface area (Å²) in [5.74, 6) is -0.289. The summed E-state index contributed by atoms with van der Waals surface area (Å²) in [5.41, 5.74) is 7.68. The Hall–Kier alpha value is -2.45. The summed E-state index contributed by atoms with van der Waals surface area (Å²) in [6, 6.07) is 12.2. The summed E-state index contributed by atoms with van der Waals surface area (Å²) >= 11 is 4.76. The summed E-state index contributed by atoms with van der Waals surface area (Å²) in [7, 11) is 0. The van der Waals surface area contributed by atoms with Crippen LogP contribution in [0, 0.1) is 0 Å². The van der Waals surface area contributed by atoms with Crippen LogP contribution in [0.4, 0.5) is 0 Å². The Morgan fingerprint density at radius 1 is 1.12 bits per heavy atom. The fourth-order valence-electron chi connectivity index (χ4n) is 1.91. The van der Waals surface area contributed by atoms with Gasteiger partial charge in [0.2, 0.25) is 0 Å². The normalized spacial score (nSPS) is 10.4. The van der Waals surface area contributed by atoms with Gasteiger partial charge in [0, 0.05) is 10.0 Å². The number of aromatic nitrogens is 1. The molecule has 122 valence electrons. The summed E-state index contributed by atoms with van der Waals surface area (Å²) < 4.78 is 7.15. The Balaban J connectivity index is 1.49. The highest BCUT2D eigenvalue weighted by atomic mass is 79.9. The van der Waals surface area contributed by atoms with Crippen LogP contribution < -0.4 is 15.6 Å². The SMILES string of the molecule is O=C(COc1ccc(Br)cc1)NNC(=O)c1ccc2ncsc2c1. The number of nitrogens with zero attached hydrogens (tertiary/aromatic N) is 1. The lowest BCUT2D eigenvalue weighted by molar-refractivity contribution is -0.123. The average molecular weight is 406 g/mol. The van der Waals surface area contributed by atoms with E-state index in [-0.39, 0.29) is 6.61 Å². The van der Waals surface area contributed by atoms with E-state index in [9.17, 15) is 9.59 Å². The molecular weight excluding hydrogens is 394 g/mol. The summed E-state index contributed by atoms with van der Waals surface area (Å²) in [6.07, 6.45) is 0. The molecule has 0 fully saturated rings. The van der Waals surface area contributed by atoms with Crippen molar-refractivity contribution in [2.45, 2.75) is 0 Å². The van der Waals surface area contributed by atoms with Gasteiger partial charge in [-0.3, -0.25) is 20.4 Å². The largest absolute Gasteiger partial charge is 0.484 e. The average Bonchev–Trinajstić information content (AvgIpc) is 3.06. The molecule has 1 aromatic heterocycles. The first-order chi connectivity index (χ1) is 11.6. The van der Waals surface area contributed by atoms with Crippen molar-refractivity contribution >= 4 is 49.3 Å². The summed E-state index contributed by atoms with van der Waals surface area (Å²) in [4.78, 5) is 27.9. The van der Waals surface area contributed by atoms with Crippen LogP contribution in [0.5, 0.6) is 5.75 Å². The topological polar surface area (TPSA) is 80.3 Å². The maximum absolute atomic E-state index is 12.0. The molecule has 0 unspecified atom stereocenters. The van der Waals surface area contributed by atoms with Gasteiger partial charge in [0.1, 0.15) is 5.75 Å². The molecule has 0 aliphatic heterocycles. The number of hydrazine groups is 1. The lowest BCUT2D eigenvalue weighted by Crippen LogP contribution is -2.43. The van der Waals surface area contributed by atoms with E-state index in [4.69, 9.17) is 4.74 Å². The molecule has 0 aliphatic rings. The molecule has 2 N–H and O–H groups in total. The standard InChI is InChI=1S/C16H12BrN3O3S/c17-11-2-4-12(5-3-11)23-8-15(21)19-20-16(22)10-1-6-13-14(7-10)24-9-18-13/h1-7,9H,8H2,(H,19,21)(H,20,22). The van der Waals surface area contributed by atoms with Crippen molar-refractivity contribution in [2.24, 2.45) is 0 Å². The van der Waals surface area contributed by atoms with Crippen LogP contribution in [0.1, 0.15) is 10.4 Å². The highest BCUT2D eigenvalue weighted by Gasteiger charge is 2.09. The van der Waals surface area contributed by atoms with E-state index in [2.05, 4.69) is 31.8 Å². The van der Waals surface area contributed by atoms with Crippen LogP contribution in [0.2, 0.25) is 0 Å². The number of carbonyl (C=O) groups excluding carboxylic acids is 2. The molecule has 2 aromatic carbocycles. The van der Waals surface area contributed by atoms with E-state index >= 15 is 0 Å². The molecule has 1 heterocycles. The molecule has 24 heavy (non-hydrogen) atoms. The minimum absolute atomic E-state index is 0.199. The van der Waals surface area contributed by atoms with Crippen LogP contribution >= 0.6 is 27.3 Å². The van der Waals surface area contributed by atoms with Gasteiger partial charge in [-0.1, -0.05) is 15.9 Å². The zero-order valence-electron chi connectivity index (χ0n) is 12.3. The van der Waals surface area contributed by atoms with Crippen LogP contribution in [0.3, 0.4) is 0 Å². The van der Waals surface area contributed by atoms with E-state index in [0.717, 1.165) is 14.7 Å². The molecule has 3 aromatic rings. The smallest absolute Gasteiger partial charge is 0.276 e. The first-order valence-corrected chi connectivity index (χ1v) is 8.60. The van der Waals surface area contributed by atoms with Gasteiger partial charge in [0.25, 0.3) is 11.8 Å². The molecule has 0 bridgehead atoms. The van der Waals surface area contributed by atoms with E-state index in [1.165, 1.54) is 11.3 Å². The molecule has 6 nitrogen and oxygen atoms in total. The number of amides is 2. The van der Waals surface area contributed by atoms with E-state index in [0.29, 0.717) is 11.3 Å². The minimum atomic E-state index is -0.454. The number of ether oxygens (including phenoxy) is 1. The Morgan fingerprint density at radius 3 is 2.71 bits per heavy atom. The van der Waals surface area contributed by atoms with Gasteiger partial charge >= 0.3 is 0 Å². The second kappa shape index (κ2) is 7.41. The minimum Gasteiger partial charge on any atom is -0.484 e. The van der Waals surface area contributed by atoms with Crippen molar-refractivity contribution in [3.05, 3.63) is 58.0 Å². The van der Waals surface area contributed by atoms with Gasteiger partial charge in [0.15, 0.2) is 6.61 Å². The number of thiazole rings is 1. The van der Waals surface area contributed by atoms with Gasteiger partial charge in [0.05, 0.1) is 15.7 Å². The van der Waals surface area contributed by atoms with Crippen LogP contribution in [-0.2, 0) is 4.79 Å². The summed E-state index contributed by atoms with van der Waals surface area (Å²) in [5, 5.41) is 0. The van der Waals surface area contributed by atoms with Crippen molar-refractivity contribution < 1.29 is 14.3 Å². The third-order valence-electron chi connectivity index (χ3n) is 3.09. The number of rotatable bonds is 4. The molecule has 0 spiro atoms. The number of benzene rings is 2. The zero-order valence-corrected chi connectivity index (χ0v) is 14.7. The maximum atomic E-state index is 12.0. The van der Waals surface area contributed by atoms with Crippen molar-refractivity contribution in [1.29, 1.82) is 0 Å². The molecule has 3 rings (SSSR count). The van der Waals surface area contributed by atoms with Gasteiger partial charge in [-0.15, -0.1) is 11.3 Å². The Labute approximate surface area is 149 Å². The third-order valence-corrected chi connectivity index (χ3v) is 4.41.